The van der Waals surface area contributed by atoms with Crippen molar-refractivity contribution in [3.8, 4) is 5.75 Å². The maximum absolute atomic E-state index is 12.1. The molecule has 6 heteroatoms. The van der Waals surface area contributed by atoms with E-state index < -0.39 is 0 Å². The molecule has 0 heterocycles. The second-order valence-corrected chi connectivity index (χ2v) is 6.42. The number of nitrogens with one attached hydrogen (secondary N) is 3. The Labute approximate surface area is 152 Å². The van der Waals surface area contributed by atoms with Crippen LogP contribution in [0.3, 0.4) is 0 Å². The molecule has 0 spiro atoms. The predicted octanol–water partition coefficient (Wildman–Crippen LogP) is 3.40. The van der Waals surface area contributed by atoms with Crippen molar-refractivity contribution < 1.29 is 14.3 Å². The smallest absolute Gasteiger partial charge is 0.243 e. The molecular formula is C20H23N3O3. The number of methoxy groups -OCH3 is 1. The first-order chi connectivity index (χ1) is 12.5. The molecule has 0 bridgehead atoms. The Kier molecular flexibility index (Phi) is 5.41. The molecule has 2 aromatic rings. The minimum atomic E-state index is -0.151. The highest BCUT2D eigenvalue weighted by Gasteiger charge is 2.29. The number of hydrogen-bond donors (Lipinski definition) is 3. The van der Waals surface area contributed by atoms with Crippen LogP contribution in [0.4, 0.5) is 17.1 Å². The number of carbonyl (C=O) groups excluding carboxylic acids is 2. The van der Waals surface area contributed by atoms with Crippen LogP contribution in [0.5, 0.6) is 5.75 Å². The van der Waals surface area contributed by atoms with Crippen LogP contribution in [0.15, 0.2) is 42.5 Å². The Morgan fingerprint density at radius 3 is 2.38 bits per heavy atom. The lowest BCUT2D eigenvalue weighted by Crippen LogP contribution is -2.22. The van der Waals surface area contributed by atoms with E-state index >= 15 is 0 Å². The van der Waals surface area contributed by atoms with E-state index in [0.717, 1.165) is 35.5 Å². The second-order valence-electron chi connectivity index (χ2n) is 6.42. The first-order valence-corrected chi connectivity index (χ1v) is 8.64. The summed E-state index contributed by atoms with van der Waals surface area (Å²) < 4.78 is 5.09. The molecule has 3 rings (SSSR count). The highest BCUT2D eigenvalue weighted by Crippen LogP contribution is 2.30. The Morgan fingerprint density at radius 2 is 1.73 bits per heavy atom. The normalized spacial score (nSPS) is 13.0. The molecule has 2 aromatic carbocycles. The largest absolute Gasteiger partial charge is 0.497 e. The molecule has 1 fully saturated rings. The van der Waals surface area contributed by atoms with Gasteiger partial charge in [-0.2, -0.15) is 0 Å². The number of benzene rings is 2. The Morgan fingerprint density at radius 1 is 1.04 bits per heavy atom. The maximum atomic E-state index is 12.1. The van der Waals surface area contributed by atoms with E-state index in [1.165, 1.54) is 0 Å². The molecule has 3 N–H and O–H groups in total. The molecule has 136 valence electrons. The third kappa shape index (κ3) is 4.75. The van der Waals surface area contributed by atoms with Crippen LogP contribution in [0, 0.1) is 12.8 Å². The topological polar surface area (TPSA) is 79.5 Å². The lowest BCUT2D eigenvalue weighted by molar-refractivity contribution is -0.117. The van der Waals surface area contributed by atoms with Crippen molar-refractivity contribution in [2.24, 2.45) is 5.92 Å². The molecular weight excluding hydrogens is 330 g/mol. The highest BCUT2D eigenvalue weighted by atomic mass is 16.5. The second kappa shape index (κ2) is 7.91. The Hall–Kier alpha value is -3.02. The summed E-state index contributed by atoms with van der Waals surface area (Å²) in [5.41, 5.74) is 3.28. The fourth-order valence-corrected chi connectivity index (χ4v) is 2.54. The van der Waals surface area contributed by atoms with Gasteiger partial charge < -0.3 is 20.7 Å². The molecule has 2 amide bonds. The molecule has 0 atom stereocenters. The first kappa shape index (κ1) is 17.8. The van der Waals surface area contributed by atoms with Crippen molar-refractivity contribution >= 4 is 28.9 Å². The van der Waals surface area contributed by atoms with Gasteiger partial charge in [0.25, 0.3) is 0 Å². The molecule has 1 aliphatic rings. The third-order valence-electron chi connectivity index (χ3n) is 4.27. The van der Waals surface area contributed by atoms with E-state index in [4.69, 9.17) is 4.74 Å². The van der Waals surface area contributed by atoms with Crippen LogP contribution >= 0.6 is 0 Å². The molecule has 0 aromatic heterocycles. The molecule has 1 aliphatic carbocycles. The van der Waals surface area contributed by atoms with Crippen molar-refractivity contribution in [1.29, 1.82) is 0 Å². The van der Waals surface area contributed by atoms with Crippen LogP contribution in [-0.4, -0.2) is 25.5 Å². The number of amides is 2. The maximum Gasteiger partial charge on any atom is 0.243 e. The average Bonchev–Trinajstić information content (AvgIpc) is 3.48. The number of aryl methyl sites for hydroxylation is 1. The van der Waals surface area contributed by atoms with Crippen LogP contribution in [-0.2, 0) is 9.59 Å². The zero-order valence-electron chi connectivity index (χ0n) is 15.0. The van der Waals surface area contributed by atoms with E-state index in [-0.39, 0.29) is 24.3 Å². The monoisotopic (exact) mass is 353 g/mol. The molecule has 0 saturated heterocycles. The summed E-state index contributed by atoms with van der Waals surface area (Å²) in [7, 11) is 1.60. The lowest BCUT2D eigenvalue weighted by Gasteiger charge is -2.13. The van der Waals surface area contributed by atoms with Crippen molar-refractivity contribution in [3.05, 3.63) is 48.0 Å². The summed E-state index contributed by atoms with van der Waals surface area (Å²) in [6, 6.07) is 12.8. The van der Waals surface area contributed by atoms with Crippen LogP contribution < -0.4 is 20.7 Å². The van der Waals surface area contributed by atoms with Gasteiger partial charge in [-0.05, 0) is 61.7 Å². The molecule has 0 aliphatic heterocycles. The van der Waals surface area contributed by atoms with Gasteiger partial charge in [0.2, 0.25) is 11.8 Å². The summed E-state index contributed by atoms with van der Waals surface area (Å²) in [6.07, 6.45) is 1.93. The quantitative estimate of drug-likeness (QED) is 0.713. The van der Waals surface area contributed by atoms with Gasteiger partial charge in [0.05, 0.1) is 13.7 Å². The SMILES string of the molecule is COc1ccc(NC(=O)CNc2cc(NC(=O)C3CC3)ccc2C)cc1. The number of anilines is 3. The summed E-state index contributed by atoms with van der Waals surface area (Å²) in [5.74, 6) is 0.809. The van der Waals surface area contributed by atoms with Gasteiger partial charge in [-0.1, -0.05) is 6.07 Å². The predicted molar refractivity (Wildman–Crippen MR) is 103 cm³/mol. The van der Waals surface area contributed by atoms with E-state index in [1.807, 2.05) is 25.1 Å². The number of ether oxygens (including phenoxy) is 1. The highest BCUT2D eigenvalue weighted by molar-refractivity contribution is 5.95. The number of carbonyl (C=O) groups is 2. The van der Waals surface area contributed by atoms with Gasteiger partial charge in [0, 0.05) is 23.0 Å². The Bertz CT molecular complexity index is 798. The van der Waals surface area contributed by atoms with Crippen molar-refractivity contribution in [2.75, 3.05) is 29.6 Å². The van der Waals surface area contributed by atoms with E-state index in [9.17, 15) is 9.59 Å². The average molecular weight is 353 g/mol. The molecule has 1 saturated carbocycles. The van der Waals surface area contributed by atoms with Gasteiger partial charge in [-0.3, -0.25) is 9.59 Å². The fraction of sp³-hybridized carbons (Fsp3) is 0.300. The van der Waals surface area contributed by atoms with E-state index in [0.29, 0.717) is 5.69 Å². The van der Waals surface area contributed by atoms with Gasteiger partial charge >= 0.3 is 0 Å². The van der Waals surface area contributed by atoms with Crippen LogP contribution in [0.25, 0.3) is 0 Å². The number of rotatable bonds is 7. The minimum absolute atomic E-state index is 0.0667. The van der Waals surface area contributed by atoms with Gasteiger partial charge in [-0.25, -0.2) is 0 Å². The summed E-state index contributed by atoms with van der Waals surface area (Å²) in [4.78, 5) is 24.0. The van der Waals surface area contributed by atoms with Gasteiger partial charge in [0.1, 0.15) is 5.75 Å². The van der Waals surface area contributed by atoms with E-state index in [1.54, 1.807) is 31.4 Å². The van der Waals surface area contributed by atoms with Crippen molar-refractivity contribution in [3.63, 3.8) is 0 Å². The Balaban J connectivity index is 1.55. The number of hydrogen-bond acceptors (Lipinski definition) is 4. The standard InChI is InChI=1S/C20H23N3O3/c1-13-3-6-16(23-20(25)14-4-5-14)11-18(13)21-12-19(24)22-15-7-9-17(26-2)10-8-15/h3,6-11,14,21H,4-5,12H2,1-2H3,(H,22,24)(H,23,25). The summed E-state index contributed by atoms with van der Waals surface area (Å²) >= 11 is 0. The van der Waals surface area contributed by atoms with Gasteiger partial charge in [-0.15, -0.1) is 0 Å². The zero-order chi connectivity index (χ0) is 18.5. The van der Waals surface area contributed by atoms with Crippen molar-refractivity contribution in [1.82, 2.24) is 0 Å². The zero-order valence-corrected chi connectivity index (χ0v) is 15.0. The van der Waals surface area contributed by atoms with Crippen molar-refractivity contribution in [2.45, 2.75) is 19.8 Å². The van der Waals surface area contributed by atoms with Crippen LogP contribution in [0.2, 0.25) is 0 Å². The van der Waals surface area contributed by atoms with Gasteiger partial charge in [0.15, 0.2) is 0 Å². The lowest BCUT2D eigenvalue weighted by atomic mass is 10.1. The minimum Gasteiger partial charge on any atom is -0.497 e. The van der Waals surface area contributed by atoms with Crippen LogP contribution in [0.1, 0.15) is 18.4 Å². The summed E-state index contributed by atoms with van der Waals surface area (Å²) in [5, 5.41) is 8.87. The summed E-state index contributed by atoms with van der Waals surface area (Å²) in [6.45, 7) is 2.09. The molecule has 0 unspecified atom stereocenters. The van der Waals surface area contributed by atoms with E-state index in [2.05, 4.69) is 16.0 Å². The molecule has 0 radical (unpaired) electrons. The molecule has 6 nitrogen and oxygen atoms in total. The first-order valence-electron chi connectivity index (χ1n) is 8.64. The molecule has 26 heavy (non-hydrogen) atoms. The fourth-order valence-electron chi connectivity index (χ4n) is 2.54. The third-order valence-corrected chi connectivity index (χ3v) is 4.27.